The van der Waals surface area contributed by atoms with Crippen molar-refractivity contribution in [3.05, 3.63) is 42.7 Å². The smallest absolute Gasteiger partial charge is 0.244 e. The van der Waals surface area contributed by atoms with Gasteiger partial charge in [-0.2, -0.15) is 0 Å². The Bertz CT molecular complexity index is 593. The molecule has 0 aliphatic heterocycles. The van der Waals surface area contributed by atoms with Gasteiger partial charge in [0.1, 0.15) is 0 Å². The Morgan fingerprint density at radius 2 is 1.86 bits per heavy atom. The second-order valence-corrected chi connectivity index (χ2v) is 5.28. The summed E-state index contributed by atoms with van der Waals surface area (Å²) in [6, 6.07) is 9.67. The molecule has 0 aliphatic carbocycles. The summed E-state index contributed by atoms with van der Waals surface area (Å²) < 4.78 is 0. The molecule has 1 heterocycles. The Morgan fingerprint density at radius 1 is 1.24 bits per heavy atom. The molecule has 1 unspecified atom stereocenters. The molecule has 1 aromatic heterocycles. The lowest BCUT2D eigenvalue weighted by Crippen LogP contribution is -2.48. The number of nitrogens with zero attached hydrogens (tertiary/aromatic N) is 2. The molecule has 1 amide bonds. The highest BCUT2D eigenvalue weighted by atomic mass is 16.2. The van der Waals surface area contributed by atoms with E-state index in [9.17, 15) is 4.79 Å². The summed E-state index contributed by atoms with van der Waals surface area (Å²) in [7, 11) is 0. The molecule has 3 N–H and O–H groups in total. The predicted molar refractivity (Wildman–Crippen MR) is 83.6 cm³/mol. The van der Waals surface area contributed by atoms with E-state index in [0.717, 1.165) is 12.0 Å². The molecule has 0 fully saturated rings. The van der Waals surface area contributed by atoms with Crippen LogP contribution in [0.3, 0.4) is 0 Å². The molecule has 1 atom stereocenters. The van der Waals surface area contributed by atoms with Crippen LogP contribution >= 0.6 is 0 Å². The number of carbonyl (C=O) groups is 1. The van der Waals surface area contributed by atoms with Crippen molar-refractivity contribution in [1.29, 1.82) is 0 Å². The summed E-state index contributed by atoms with van der Waals surface area (Å²) in [5.41, 5.74) is 6.59. The Morgan fingerprint density at radius 3 is 2.43 bits per heavy atom. The Labute approximate surface area is 124 Å². The van der Waals surface area contributed by atoms with Gasteiger partial charge in [0.05, 0.1) is 23.6 Å². The number of nitrogens with one attached hydrogen (secondary N) is 1. The Hall–Kier alpha value is -2.27. The molecular formula is C16H20N4O. The molecule has 0 aliphatic rings. The maximum atomic E-state index is 12.1. The average Bonchev–Trinajstić information content (AvgIpc) is 2.49. The lowest BCUT2D eigenvalue weighted by atomic mass is 9.96. The van der Waals surface area contributed by atoms with E-state index in [4.69, 9.17) is 5.73 Å². The maximum Gasteiger partial charge on any atom is 0.244 e. The van der Waals surface area contributed by atoms with E-state index < -0.39 is 5.54 Å². The first kappa shape index (κ1) is 15.1. The Balaban J connectivity index is 2.08. The largest absolute Gasteiger partial charge is 0.322 e. The quantitative estimate of drug-likeness (QED) is 0.884. The zero-order chi connectivity index (χ0) is 15.3. The standard InChI is InChI=1S/C16H20N4O/c1-3-9-16(2,17)15(21)20-13-10-18-14(19-11-13)12-7-5-4-6-8-12/h4-8,10-11H,3,9,17H2,1-2H3,(H,20,21). The summed E-state index contributed by atoms with van der Waals surface area (Å²) in [6.07, 6.45) is 4.66. The number of aromatic nitrogens is 2. The molecule has 0 saturated carbocycles. The number of benzene rings is 1. The van der Waals surface area contributed by atoms with Crippen LogP contribution in [0.5, 0.6) is 0 Å². The van der Waals surface area contributed by atoms with Gasteiger partial charge >= 0.3 is 0 Å². The summed E-state index contributed by atoms with van der Waals surface area (Å²) in [6.45, 7) is 3.72. The monoisotopic (exact) mass is 284 g/mol. The van der Waals surface area contributed by atoms with Crippen LogP contribution in [-0.4, -0.2) is 21.4 Å². The molecule has 0 bridgehead atoms. The van der Waals surface area contributed by atoms with E-state index in [2.05, 4.69) is 15.3 Å². The molecule has 0 spiro atoms. The third-order valence-corrected chi connectivity index (χ3v) is 3.23. The van der Waals surface area contributed by atoms with Gasteiger partial charge in [-0.3, -0.25) is 4.79 Å². The summed E-state index contributed by atoms with van der Waals surface area (Å²) in [5.74, 6) is 0.401. The van der Waals surface area contributed by atoms with Gasteiger partial charge in [0.15, 0.2) is 5.82 Å². The summed E-state index contributed by atoms with van der Waals surface area (Å²) in [5, 5.41) is 2.76. The molecule has 21 heavy (non-hydrogen) atoms. The van der Waals surface area contributed by atoms with Gasteiger partial charge in [-0.1, -0.05) is 43.7 Å². The fourth-order valence-electron chi connectivity index (χ4n) is 2.04. The van der Waals surface area contributed by atoms with Crippen molar-refractivity contribution < 1.29 is 4.79 Å². The minimum absolute atomic E-state index is 0.222. The van der Waals surface area contributed by atoms with Gasteiger partial charge in [0.25, 0.3) is 0 Å². The van der Waals surface area contributed by atoms with Gasteiger partial charge < -0.3 is 11.1 Å². The van der Waals surface area contributed by atoms with Crippen molar-refractivity contribution in [3.8, 4) is 11.4 Å². The number of nitrogens with two attached hydrogens (primary N) is 1. The zero-order valence-corrected chi connectivity index (χ0v) is 12.3. The van der Waals surface area contributed by atoms with Crippen LogP contribution in [-0.2, 0) is 4.79 Å². The first-order chi connectivity index (χ1) is 10.0. The molecule has 1 aromatic carbocycles. The van der Waals surface area contributed by atoms with Gasteiger partial charge in [0, 0.05) is 5.56 Å². The minimum atomic E-state index is -0.882. The Kier molecular flexibility index (Phi) is 4.65. The van der Waals surface area contributed by atoms with E-state index in [-0.39, 0.29) is 5.91 Å². The van der Waals surface area contributed by atoms with Crippen molar-refractivity contribution >= 4 is 11.6 Å². The lowest BCUT2D eigenvalue weighted by Gasteiger charge is -2.22. The lowest BCUT2D eigenvalue weighted by molar-refractivity contribution is -0.120. The van der Waals surface area contributed by atoms with Crippen molar-refractivity contribution in [2.75, 3.05) is 5.32 Å². The average molecular weight is 284 g/mol. The van der Waals surface area contributed by atoms with Crippen molar-refractivity contribution in [1.82, 2.24) is 9.97 Å². The van der Waals surface area contributed by atoms with Crippen LogP contribution < -0.4 is 11.1 Å². The van der Waals surface area contributed by atoms with Crippen molar-refractivity contribution in [2.24, 2.45) is 5.73 Å². The van der Waals surface area contributed by atoms with E-state index in [1.165, 1.54) is 0 Å². The third kappa shape index (κ3) is 3.86. The van der Waals surface area contributed by atoms with Crippen LogP contribution in [0.2, 0.25) is 0 Å². The first-order valence-electron chi connectivity index (χ1n) is 7.01. The second kappa shape index (κ2) is 6.45. The summed E-state index contributed by atoms with van der Waals surface area (Å²) >= 11 is 0. The minimum Gasteiger partial charge on any atom is -0.322 e. The number of carbonyl (C=O) groups excluding carboxylic acids is 1. The van der Waals surface area contributed by atoms with Gasteiger partial charge in [-0.15, -0.1) is 0 Å². The highest BCUT2D eigenvalue weighted by Crippen LogP contribution is 2.16. The maximum absolute atomic E-state index is 12.1. The highest BCUT2D eigenvalue weighted by Gasteiger charge is 2.27. The van der Waals surface area contributed by atoms with Crippen LogP contribution in [0.15, 0.2) is 42.7 Å². The SMILES string of the molecule is CCCC(C)(N)C(=O)Nc1cnc(-c2ccccc2)nc1. The van der Waals surface area contributed by atoms with Gasteiger partial charge in [-0.25, -0.2) is 9.97 Å². The van der Waals surface area contributed by atoms with E-state index >= 15 is 0 Å². The third-order valence-electron chi connectivity index (χ3n) is 3.23. The number of amides is 1. The molecular weight excluding hydrogens is 264 g/mol. The molecule has 2 rings (SSSR count). The normalized spacial score (nSPS) is 13.5. The predicted octanol–water partition coefficient (Wildman–Crippen LogP) is 2.60. The van der Waals surface area contributed by atoms with E-state index in [0.29, 0.717) is 17.9 Å². The summed E-state index contributed by atoms with van der Waals surface area (Å²) in [4.78, 5) is 20.6. The fraction of sp³-hybridized carbons (Fsp3) is 0.312. The molecule has 0 saturated heterocycles. The van der Waals surface area contributed by atoms with E-state index in [1.807, 2.05) is 37.3 Å². The number of hydrogen-bond acceptors (Lipinski definition) is 4. The molecule has 5 heteroatoms. The second-order valence-electron chi connectivity index (χ2n) is 5.28. The van der Waals surface area contributed by atoms with Crippen LogP contribution in [0.25, 0.3) is 11.4 Å². The van der Waals surface area contributed by atoms with Crippen LogP contribution in [0.1, 0.15) is 26.7 Å². The first-order valence-corrected chi connectivity index (χ1v) is 7.01. The fourth-order valence-corrected chi connectivity index (χ4v) is 2.04. The molecule has 110 valence electrons. The van der Waals surface area contributed by atoms with Crippen LogP contribution in [0, 0.1) is 0 Å². The van der Waals surface area contributed by atoms with Gasteiger partial charge in [0.2, 0.25) is 5.91 Å². The van der Waals surface area contributed by atoms with E-state index in [1.54, 1.807) is 19.3 Å². The van der Waals surface area contributed by atoms with Crippen molar-refractivity contribution in [2.45, 2.75) is 32.2 Å². The zero-order valence-electron chi connectivity index (χ0n) is 12.3. The highest BCUT2D eigenvalue weighted by molar-refractivity contribution is 5.97. The van der Waals surface area contributed by atoms with Gasteiger partial charge in [-0.05, 0) is 13.3 Å². The number of anilines is 1. The number of hydrogen-bond donors (Lipinski definition) is 2. The number of rotatable bonds is 5. The van der Waals surface area contributed by atoms with Crippen molar-refractivity contribution in [3.63, 3.8) is 0 Å². The molecule has 2 aromatic rings. The van der Waals surface area contributed by atoms with Crippen LogP contribution in [0.4, 0.5) is 5.69 Å². The molecule has 0 radical (unpaired) electrons. The topological polar surface area (TPSA) is 80.9 Å². The molecule has 5 nitrogen and oxygen atoms in total.